The summed E-state index contributed by atoms with van der Waals surface area (Å²) in [4.78, 5) is 6.60. The van der Waals surface area contributed by atoms with Gasteiger partial charge in [0.25, 0.3) is 0 Å². The molecule has 2 N–H and O–H groups in total. The van der Waals surface area contributed by atoms with Gasteiger partial charge in [0.2, 0.25) is 0 Å². The van der Waals surface area contributed by atoms with Crippen LogP contribution in [-0.2, 0) is 6.54 Å². The van der Waals surface area contributed by atoms with Gasteiger partial charge in [-0.05, 0) is 19.4 Å². The van der Waals surface area contributed by atoms with Gasteiger partial charge in [-0.3, -0.25) is 4.90 Å². The van der Waals surface area contributed by atoms with E-state index in [1.54, 1.807) is 6.20 Å². The summed E-state index contributed by atoms with van der Waals surface area (Å²) >= 11 is 0. The summed E-state index contributed by atoms with van der Waals surface area (Å²) in [7, 11) is 0. The van der Waals surface area contributed by atoms with Crippen LogP contribution in [0.5, 0.6) is 0 Å². The smallest absolute Gasteiger partial charge is 0.130 e. The second-order valence-corrected chi connectivity index (χ2v) is 4.22. The monoisotopic (exact) mass is 221 g/mol. The second-order valence-electron chi connectivity index (χ2n) is 4.22. The van der Waals surface area contributed by atoms with E-state index >= 15 is 0 Å². The minimum absolute atomic E-state index is 0.153. The van der Waals surface area contributed by atoms with Crippen LogP contribution >= 0.6 is 0 Å². The van der Waals surface area contributed by atoms with Crippen LogP contribution in [0.1, 0.15) is 18.9 Å². The molecule has 0 saturated carbocycles. The molecule has 0 amide bonds. The normalized spacial score (nSPS) is 21.2. The highest BCUT2D eigenvalue weighted by Crippen LogP contribution is 2.17. The molecule has 88 valence electrons. The Labute approximate surface area is 96.3 Å². The lowest BCUT2D eigenvalue weighted by Crippen LogP contribution is -2.22. The third-order valence-corrected chi connectivity index (χ3v) is 2.88. The Morgan fingerprint density at radius 1 is 1.62 bits per heavy atom. The first-order valence-electron chi connectivity index (χ1n) is 5.87. The molecule has 1 aliphatic heterocycles. The Balaban J connectivity index is 2.02. The van der Waals surface area contributed by atoms with Gasteiger partial charge in [-0.1, -0.05) is 6.07 Å². The van der Waals surface area contributed by atoms with E-state index in [1.807, 2.05) is 6.07 Å². The molecule has 1 fully saturated rings. The predicted molar refractivity (Wildman–Crippen MR) is 64.3 cm³/mol. The summed E-state index contributed by atoms with van der Waals surface area (Å²) in [6, 6.07) is 4.05. The van der Waals surface area contributed by atoms with Crippen LogP contribution in [0.4, 0.5) is 5.82 Å². The van der Waals surface area contributed by atoms with Crippen LogP contribution in [0.25, 0.3) is 0 Å². The van der Waals surface area contributed by atoms with Gasteiger partial charge in [-0.15, -0.1) is 0 Å². The van der Waals surface area contributed by atoms with Crippen LogP contribution < -0.4 is 5.32 Å². The standard InChI is InChI=1S/C12H19N3O/c1-2-13-12-10(4-3-6-14-12)8-15-7-5-11(16)9-15/h3-4,6,11,16H,2,5,7-9H2,1H3,(H,13,14). The van der Waals surface area contributed by atoms with Gasteiger partial charge in [0.1, 0.15) is 5.82 Å². The van der Waals surface area contributed by atoms with Crippen LogP contribution in [0.15, 0.2) is 18.3 Å². The number of hydrogen-bond donors (Lipinski definition) is 2. The summed E-state index contributed by atoms with van der Waals surface area (Å²) < 4.78 is 0. The fraction of sp³-hybridized carbons (Fsp3) is 0.583. The van der Waals surface area contributed by atoms with Crippen LogP contribution in [0, 0.1) is 0 Å². The molecular formula is C12H19N3O. The quantitative estimate of drug-likeness (QED) is 0.799. The van der Waals surface area contributed by atoms with Crippen molar-refractivity contribution in [2.75, 3.05) is 25.0 Å². The van der Waals surface area contributed by atoms with Crippen molar-refractivity contribution in [3.63, 3.8) is 0 Å². The van der Waals surface area contributed by atoms with Crippen LogP contribution in [0.3, 0.4) is 0 Å². The number of aliphatic hydroxyl groups excluding tert-OH is 1. The van der Waals surface area contributed by atoms with Gasteiger partial charge >= 0.3 is 0 Å². The molecule has 4 nitrogen and oxygen atoms in total. The van der Waals surface area contributed by atoms with Crippen molar-refractivity contribution in [2.45, 2.75) is 26.0 Å². The number of aromatic nitrogens is 1. The molecule has 0 bridgehead atoms. The molecule has 0 spiro atoms. The number of anilines is 1. The lowest BCUT2D eigenvalue weighted by atomic mass is 10.2. The highest BCUT2D eigenvalue weighted by molar-refractivity contribution is 5.43. The van der Waals surface area contributed by atoms with E-state index in [1.165, 1.54) is 5.56 Å². The number of hydrogen-bond acceptors (Lipinski definition) is 4. The largest absolute Gasteiger partial charge is 0.392 e. The van der Waals surface area contributed by atoms with Crippen molar-refractivity contribution < 1.29 is 5.11 Å². The summed E-state index contributed by atoms with van der Waals surface area (Å²) in [5.41, 5.74) is 1.21. The number of pyridine rings is 1. The number of rotatable bonds is 4. The summed E-state index contributed by atoms with van der Waals surface area (Å²) in [5, 5.41) is 12.7. The zero-order chi connectivity index (χ0) is 11.4. The molecule has 1 aliphatic rings. The van der Waals surface area contributed by atoms with Crippen molar-refractivity contribution >= 4 is 5.82 Å². The van der Waals surface area contributed by atoms with Gasteiger partial charge in [0.05, 0.1) is 6.10 Å². The van der Waals surface area contributed by atoms with E-state index in [9.17, 15) is 5.11 Å². The zero-order valence-corrected chi connectivity index (χ0v) is 9.69. The lowest BCUT2D eigenvalue weighted by molar-refractivity contribution is 0.175. The number of β-amino-alcohol motifs (C(OH)–C–C–N with tert-alkyl or cyclic N) is 1. The molecule has 0 radical (unpaired) electrons. The first-order valence-corrected chi connectivity index (χ1v) is 5.87. The topological polar surface area (TPSA) is 48.4 Å². The summed E-state index contributed by atoms with van der Waals surface area (Å²) in [5.74, 6) is 0.964. The van der Waals surface area contributed by atoms with Crippen molar-refractivity contribution in [3.05, 3.63) is 23.9 Å². The van der Waals surface area contributed by atoms with E-state index < -0.39 is 0 Å². The number of likely N-dealkylation sites (tertiary alicyclic amines) is 1. The van der Waals surface area contributed by atoms with Crippen LogP contribution in [-0.4, -0.2) is 40.7 Å². The van der Waals surface area contributed by atoms with Gasteiger partial charge in [0.15, 0.2) is 0 Å². The maximum absolute atomic E-state index is 9.48. The van der Waals surface area contributed by atoms with E-state index in [0.29, 0.717) is 0 Å². The minimum Gasteiger partial charge on any atom is -0.392 e. The lowest BCUT2D eigenvalue weighted by Gasteiger charge is -2.17. The molecule has 0 aliphatic carbocycles. The van der Waals surface area contributed by atoms with E-state index in [2.05, 4.69) is 28.2 Å². The summed E-state index contributed by atoms with van der Waals surface area (Å²) in [6.45, 7) is 5.57. The number of nitrogens with zero attached hydrogens (tertiary/aromatic N) is 2. The van der Waals surface area contributed by atoms with Gasteiger partial charge in [-0.25, -0.2) is 4.98 Å². The molecular weight excluding hydrogens is 202 g/mol. The molecule has 1 atom stereocenters. The Hall–Kier alpha value is -1.13. The molecule has 16 heavy (non-hydrogen) atoms. The molecule has 0 aromatic carbocycles. The highest BCUT2D eigenvalue weighted by atomic mass is 16.3. The molecule has 1 saturated heterocycles. The maximum Gasteiger partial charge on any atom is 0.130 e. The predicted octanol–water partition coefficient (Wildman–Crippen LogP) is 1.08. The molecule has 4 heteroatoms. The number of nitrogens with one attached hydrogen (secondary N) is 1. The number of aliphatic hydroxyl groups is 1. The average Bonchev–Trinajstić information content (AvgIpc) is 2.67. The zero-order valence-electron chi connectivity index (χ0n) is 9.69. The summed E-state index contributed by atoms with van der Waals surface area (Å²) in [6.07, 6.45) is 2.54. The molecule has 2 heterocycles. The minimum atomic E-state index is -0.153. The van der Waals surface area contributed by atoms with Crippen molar-refractivity contribution in [3.8, 4) is 0 Å². The van der Waals surface area contributed by atoms with Gasteiger partial charge in [-0.2, -0.15) is 0 Å². The third kappa shape index (κ3) is 2.71. The van der Waals surface area contributed by atoms with Crippen molar-refractivity contribution in [2.24, 2.45) is 0 Å². The highest BCUT2D eigenvalue weighted by Gasteiger charge is 2.20. The third-order valence-electron chi connectivity index (χ3n) is 2.88. The first-order chi connectivity index (χ1) is 7.79. The van der Waals surface area contributed by atoms with Gasteiger partial charge in [0, 0.05) is 37.9 Å². The van der Waals surface area contributed by atoms with E-state index in [4.69, 9.17) is 0 Å². The molecule has 1 aromatic rings. The van der Waals surface area contributed by atoms with E-state index in [-0.39, 0.29) is 6.10 Å². The molecule has 2 rings (SSSR count). The fourth-order valence-corrected chi connectivity index (χ4v) is 2.09. The Kier molecular flexibility index (Phi) is 3.74. The Morgan fingerprint density at radius 2 is 2.50 bits per heavy atom. The molecule has 1 aromatic heterocycles. The SMILES string of the molecule is CCNc1ncccc1CN1CCC(O)C1. The fourth-order valence-electron chi connectivity index (χ4n) is 2.09. The maximum atomic E-state index is 9.48. The van der Waals surface area contributed by atoms with Crippen LogP contribution in [0.2, 0.25) is 0 Å². The van der Waals surface area contributed by atoms with E-state index in [0.717, 1.165) is 38.4 Å². The molecule has 1 unspecified atom stereocenters. The second kappa shape index (κ2) is 5.27. The average molecular weight is 221 g/mol. The van der Waals surface area contributed by atoms with Crippen molar-refractivity contribution in [1.29, 1.82) is 0 Å². The first kappa shape index (κ1) is 11.4. The Morgan fingerprint density at radius 3 is 3.19 bits per heavy atom. The van der Waals surface area contributed by atoms with Gasteiger partial charge < -0.3 is 10.4 Å². The Bertz CT molecular complexity index is 343. The van der Waals surface area contributed by atoms with Crippen molar-refractivity contribution in [1.82, 2.24) is 9.88 Å².